The summed E-state index contributed by atoms with van der Waals surface area (Å²) in [5, 5.41) is 30.3. The highest BCUT2D eigenvalue weighted by Gasteiger charge is 2.39. The Kier molecular flexibility index (Phi) is 6.33. The van der Waals surface area contributed by atoms with E-state index in [0.29, 0.717) is 18.4 Å². The molecule has 1 aliphatic heterocycles. The average Bonchev–Trinajstić information content (AvgIpc) is 2.66. The molecule has 2 aromatic carbocycles. The molecule has 0 saturated heterocycles. The topological polar surface area (TPSA) is 87.0 Å². The van der Waals surface area contributed by atoms with Crippen molar-refractivity contribution in [3.63, 3.8) is 0 Å². The molecule has 0 fully saturated rings. The third kappa shape index (κ3) is 5.37. The summed E-state index contributed by atoms with van der Waals surface area (Å²) in [6.07, 6.45) is 1.45. The van der Waals surface area contributed by atoms with Crippen LogP contribution >= 0.6 is 11.8 Å². The van der Waals surface area contributed by atoms with Crippen LogP contribution in [0.1, 0.15) is 57.2 Å². The van der Waals surface area contributed by atoms with E-state index in [0.717, 1.165) is 16.0 Å². The molecular weight excluding hydrogens is 412 g/mol. The number of hydrogen-bond acceptors (Lipinski definition) is 6. The van der Waals surface area contributed by atoms with Crippen LogP contribution in [0, 0.1) is 6.92 Å². The fourth-order valence-corrected chi connectivity index (χ4v) is 4.87. The lowest BCUT2D eigenvalue weighted by atomic mass is 9.86. The second-order valence-corrected chi connectivity index (χ2v) is 10.5. The van der Waals surface area contributed by atoms with Gasteiger partial charge in [0.25, 0.3) is 0 Å². The van der Waals surface area contributed by atoms with Crippen LogP contribution in [-0.4, -0.2) is 26.9 Å². The number of phenols is 2. The van der Waals surface area contributed by atoms with Crippen LogP contribution in [0.3, 0.4) is 0 Å². The van der Waals surface area contributed by atoms with Gasteiger partial charge in [-0.25, -0.2) is 4.79 Å². The Morgan fingerprint density at radius 3 is 2.32 bits per heavy atom. The summed E-state index contributed by atoms with van der Waals surface area (Å²) in [6, 6.07) is 10.5. The smallest absolute Gasteiger partial charge is 0.348 e. The van der Waals surface area contributed by atoms with Crippen LogP contribution in [0.4, 0.5) is 0 Å². The number of hydrogen-bond donors (Lipinski definition) is 3. The highest BCUT2D eigenvalue weighted by molar-refractivity contribution is 8.04. The molecule has 0 amide bonds. The van der Waals surface area contributed by atoms with E-state index in [1.54, 1.807) is 25.1 Å². The molecule has 1 heterocycles. The molecule has 3 rings (SSSR count). The zero-order chi connectivity index (χ0) is 23.0. The zero-order valence-corrected chi connectivity index (χ0v) is 19.5. The van der Waals surface area contributed by atoms with Crippen molar-refractivity contribution >= 4 is 17.7 Å². The zero-order valence-electron chi connectivity index (χ0n) is 18.7. The minimum absolute atomic E-state index is 0.0278. The van der Waals surface area contributed by atoms with E-state index in [1.165, 1.54) is 11.8 Å². The summed E-state index contributed by atoms with van der Waals surface area (Å²) in [5.41, 5.74) is 1.57. The Morgan fingerprint density at radius 2 is 1.74 bits per heavy atom. The molecule has 0 radical (unpaired) electrons. The van der Waals surface area contributed by atoms with Crippen LogP contribution in [-0.2, 0) is 21.4 Å². The fraction of sp³-hybridized carbons (Fsp3) is 0.400. The van der Waals surface area contributed by atoms with Gasteiger partial charge in [-0.15, -0.1) is 0 Å². The first kappa shape index (κ1) is 23.1. The maximum absolute atomic E-state index is 12.9. The predicted octanol–water partition coefficient (Wildman–Crippen LogP) is 5.90. The number of rotatable bonds is 5. The normalized spacial score (nSPS) is 19.5. The number of phenolic OH excluding ortho intramolecular Hbond substituents is 2. The number of aryl methyl sites for hydroxylation is 2. The molecule has 2 aromatic rings. The molecule has 6 heteroatoms. The number of aromatic hydroxyl groups is 2. The number of carbonyl (C=O) groups excluding carboxylic acids is 1. The quantitative estimate of drug-likeness (QED) is 0.500. The molecule has 0 aromatic heterocycles. The van der Waals surface area contributed by atoms with Gasteiger partial charge in [-0.05, 0) is 73.1 Å². The summed E-state index contributed by atoms with van der Waals surface area (Å²) >= 11 is 1.19. The van der Waals surface area contributed by atoms with Gasteiger partial charge >= 0.3 is 5.97 Å². The van der Waals surface area contributed by atoms with Gasteiger partial charge in [-0.1, -0.05) is 44.7 Å². The van der Waals surface area contributed by atoms with Gasteiger partial charge < -0.3 is 20.1 Å². The van der Waals surface area contributed by atoms with Gasteiger partial charge in [0, 0.05) is 11.3 Å². The second-order valence-electron chi connectivity index (χ2n) is 9.45. The highest BCUT2D eigenvalue weighted by Crippen LogP contribution is 2.44. The van der Waals surface area contributed by atoms with Crippen molar-refractivity contribution in [3.05, 3.63) is 63.8 Å². The lowest BCUT2D eigenvalue weighted by Crippen LogP contribution is -2.37. The Hall–Kier alpha value is -2.60. The first-order valence-corrected chi connectivity index (χ1v) is 11.1. The summed E-state index contributed by atoms with van der Waals surface area (Å²) in [7, 11) is 0. The molecule has 5 nitrogen and oxygen atoms in total. The van der Waals surface area contributed by atoms with Gasteiger partial charge in [-0.2, -0.15) is 0 Å². The first-order chi connectivity index (χ1) is 14.4. The van der Waals surface area contributed by atoms with Crippen molar-refractivity contribution < 1.29 is 24.9 Å². The molecule has 0 aliphatic carbocycles. The van der Waals surface area contributed by atoms with E-state index >= 15 is 0 Å². The van der Waals surface area contributed by atoms with Gasteiger partial charge in [-0.3, -0.25) is 0 Å². The lowest BCUT2D eigenvalue weighted by Gasteiger charge is -2.34. The Balaban J connectivity index is 1.82. The largest absolute Gasteiger partial charge is 0.511 e. The number of thioether (sulfide) groups is 1. The van der Waals surface area contributed by atoms with Crippen molar-refractivity contribution in [2.24, 2.45) is 0 Å². The Morgan fingerprint density at radius 1 is 1.10 bits per heavy atom. The molecule has 0 bridgehead atoms. The predicted molar refractivity (Wildman–Crippen MR) is 123 cm³/mol. The Bertz CT molecular complexity index is 1020. The van der Waals surface area contributed by atoms with Crippen molar-refractivity contribution in [1.29, 1.82) is 0 Å². The van der Waals surface area contributed by atoms with Crippen LogP contribution in [0.15, 0.2) is 52.0 Å². The maximum atomic E-state index is 12.9. The number of carbonyl (C=O) groups is 1. The van der Waals surface area contributed by atoms with E-state index in [-0.39, 0.29) is 34.0 Å². The van der Waals surface area contributed by atoms with E-state index in [4.69, 9.17) is 4.74 Å². The van der Waals surface area contributed by atoms with E-state index < -0.39 is 11.6 Å². The van der Waals surface area contributed by atoms with Gasteiger partial charge in [0.15, 0.2) is 0 Å². The average molecular weight is 443 g/mol. The summed E-state index contributed by atoms with van der Waals surface area (Å²) in [4.78, 5) is 13.9. The van der Waals surface area contributed by atoms with Crippen molar-refractivity contribution in [3.8, 4) is 11.5 Å². The second kappa shape index (κ2) is 8.50. The lowest BCUT2D eigenvalue weighted by molar-refractivity contribution is -0.156. The number of aliphatic hydroxyl groups is 1. The SMILES string of the molecule is Cc1cc(SC2=C(O)C[C@@](C)(CCc3ccc(O)cc3)OC2=O)c(C(C)(C)C)cc1O. The summed E-state index contributed by atoms with van der Waals surface area (Å²) < 4.78 is 5.78. The third-order valence-corrected chi connectivity index (χ3v) is 6.69. The van der Waals surface area contributed by atoms with E-state index in [1.807, 2.05) is 45.9 Å². The third-order valence-electron chi connectivity index (χ3n) is 5.53. The minimum Gasteiger partial charge on any atom is -0.511 e. The number of ether oxygens (including phenoxy) is 1. The molecule has 0 spiro atoms. The summed E-state index contributed by atoms with van der Waals surface area (Å²) in [6.45, 7) is 9.74. The van der Waals surface area contributed by atoms with E-state index in [2.05, 4.69) is 0 Å². The molecule has 166 valence electrons. The number of cyclic esters (lactones) is 1. The van der Waals surface area contributed by atoms with Gasteiger partial charge in [0.2, 0.25) is 0 Å². The van der Waals surface area contributed by atoms with Crippen molar-refractivity contribution in [2.45, 2.75) is 69.8 Å². The van der Waals surface area contributed by atoms with Gasteiger partial charge in [0.1, 0.15) is 27.8 Å². The highest BCUT2D eigenvalue weighted by atomic mass is 32.2. The first-order valence-electron chi connectivity index (χ1n) is 10.3. The molecule has 31 heavy (non-hydrogen) atoms. The molecule has 1 atom stereocenters. The Labute approximate surface area is 187 Å². The molecule has 1 aliphatic rings. The van der Waals surface area contributed by atoms with Crippen LogP contribution in [0.25, 0.3) is 0 Å². The minimum atomic E-state index is -0.805. The standard InChI is InChI=1S/C25H30O5S/c1-15-12-21(18(13-19(15)27)24(2,3)4)31-22-20(28)14-25(5,30-23(22)29)11-10-16-6-8-17(26)9-7-16/h6-9,12-13,26-28H,10-11,14H2,1-5H3/t25-/m1/s1. The van der Waals surface area contributed by atoms with Crippen LogP contribution < -0.4 is 0 Å². The fourth-order valence-electron chi connectivity index (χ4n) is 3.62. The summed E-state index contributed by atoms with van der Waals surface area (Å²) in [5.74, 6) is -0.0894. The number of benzene rings is 2. The number of aliphatic hydroxyl groups excluding tert-OH is 1. The van der Waals surface area contributed by atoms with Crippen molar-refractivity contribution in [2.75, 3.05) is 0 Å². The monoisotopic (exact) mass is 442 g/mol. The van der Waals surface area contributed by atoms with Crippen molar-refractivity contribution in [1.82, 2.24) is 0 Å². The number of esters is 1. The molecule has 0 saturated carbocycles. The van der Waals surface area contributed by atoms with Crippen LogP contribution in [0.2, 0.25) is 0 Å². The molecule has 3 N–H and O–H groups in total. The van der Waals surface area contributed by atoms with Crippen LogP contribution in [0.5, 0.6) is 11.5 Å². The van der Waals surface area contributed by atoms with E-state index in [9.17, 15) is 20.1 Å². The maximum Gasteiger partial charge on any atom is 0.348 e. The molecule has 0 unspecified atom stereocenters. The van der Waals surface area contributed by atoms with Gasteiger partial charge in [0.05, 0.1) is 0 Å². The molecular formula is C25H30O5S.